The number of likely N-dealkylation sites (tertiary alicyclic amines) is 1. The summed E-state index contributed by atoms with van der Waals surface area (Å²) in [4.78, 5) is 26.5. The van der Waals surface area contributed by atoms with E-state index >= 15 is 0 Å². The molecular formula is C19H25ClFN3O2. The first-order chi connectivity index (χ1) is 12.5. The minimum atomic E-state index is -0.768. The fourth-order valence-electron chi connectivity index (χ4n) is 3.87. The van der Waals surface area contributed by atoms with Crippen LogP contribution < -0.4 is 10.6 Å². The first-order valence-corrected chi connectivity index (χ1v) is 9.69. The van der Waals surface area contributed by atoms with E-state index in [1.54, 1.807) is 0 Å². The molecule has 2 N–H and O–H groups in total. The smallest absolute Gasteiger partial charge is 0.313 e. The number of carbonyl (C=O) groups excluding carboxylic acids is 2. The summed E-state index contributed by atoms with van der Waals surface area (Å²) in [5.41, 5.74) is 0.293. The number of hydrogen-bond donors (Lipinski definition) is 2. The van der Waals surface area contributed by atoms with Crippen molar-refractivity contribution < 1.29 is 14.0 Å². The number of rotatable bonds is 4. The zero-order valence-electron chi connectivity index (χ0n) is 14.8. The van der Waals surface area contributed by atoms with Crippen LogP contribution in [0.15, 0.2) is 18.2 Å². The molecule has 0 bridgehead atoms. The number of piperidine rings is 1. The van der Waals surface area contributed by atoms with Crippen molar-refractivity contribution in [3.05, 3.63) is 29.0 Å². The Hall–Kier alpha value is -1.66. The number of halogens is 2. The molecule has 5 nitrogen and oxygen atoms in total. The molecule has 1 saturated heterocycles. The molecule has 1 heterocycles. The SMILES string of the molecule is O=C(NCC1CCN(C2CCCC2)CC1)C(=O)Nc1ccc(F)c(Cl)c1. The van der Waals surface area contributed by atoms with Gasteiger partial charge in [-0.3, -0.25) is 9.59 Å². The predicted molar refractivity (Wildman–Crippen MR) is 99.6 cm³/mol. The lowest BCUT2D eigenvalue weighted by Crippen LogP contribution is -2.44. The quantitative estimate of drug-likeness (QED) is 0.787. The lowest BCUT2D eigenvalue weighted by molar-refractivity contribution is -0.136. The molecule has 1 aliphatic heterocycles. The molecule has 26 heavy (non-hydrogen) atoms. The molecular weight excluding hydrogens is 357 g/mol. The Morgan fingerprint density at radius 2 is 1.81 bits per heavy atom. The normalized spacial score (nSPS) is 19.5. The Morgan fingerprint density at radius 1 is 1.12 bits per heavy atom. The molecule has 0 aromatic heterocycles. The summed E-state index contributed by atoms with van der Waals surface area (Å²) < 4.78 is 13.1. The third-order valence-corrected chi connectivity index (χ3v) is 5.71. The van der Waals surface area contributed by atoms with Crippen molar-refractivity contribution >= 4 is 29.1 Å². The average Bonchev–Trinajstić information content (AvgIpc) is 3.18. The topological polar surface area (TPSA) is 61.4 Å². The van der Waals surface area contributed by atoms with E-state index in [4.69, 9.17) is 11.6 Å². The molecule has 7 heteroatoms. The van der Waals surface area contributed by atoms with Crippen LogP contribution >= 0.6 is 11.6 Å². The summed E-state index contributed by atoms with van der Waals surface area (Å²) in [6, 6.07) is 4.54. The predicted octanol–water partition coefficient (Wildman–Crippen LogP) is 3.19. The summed E-state index contributed by atoms with van der Waals surface area (Å²) in [6.07, 6.45) is 7.41. The molecule has 142 valence electrons. The molecule has 3 rings (SSSR count). The third-order valence-electron chi connectivity index (χ3n) is 5.43. The first kappa shape index (κ1) is 19.1. The summed E-state index contributed by atoms with van der Waals surface area (Å²) in [7, 11) is 0. The highest BCUT2D eigenvalue weighted by Gasteiger charge is 2.27. The molecule has 1 saturated carbocycles. The zero-order chi connectivity index (χ0) is 18.5. The molecule has 2 fully saturated rings. The minimum Gasteiger partial charge on any atom is -0.348 e. The van der Waals surface area contributed by atoms with Gasteiger partial charge in [0.15, 0.2) is 0 Å². The second kappa shape index (κ2) is 8.82. The lowest BCUT2D eigenvalue weighted by atomic mass is 9.95. The van der Waals surface area contributed by atoms with E-state index in [1.165, 1.54) is 37.8 Å². The van der Waals surface area contributed by atoms with Crippen LogP contribution in [0.5, 0.6) is 0 Å². The van der Waals surface area contributed by atoms with Gasteiger partial charge in [-0.1, -0.05) is 24.4 Å². The highest BCUT2D eigenvalue weighted by atomic mass is 35.5. The summed E-state index contributed by atoms with van der Waals surface area (Å²) in [6.45, 7) is 2.66. The Morgan fingerprint density at radius 3 is 2.46 bits per heavy atom. The van der Waals surface area contributed by atoms with Crippen LogP contribution in [0.3, 0.4) is 0 Å². The molecule has 0 spiro atoms. The Labute approximate surface area is 158 Å². The molecule has 0 atom stereocenters. The van der Waals surface area contributed by atoms with E-state index in [0.29, 0.717) is 18.2 Å². The Kier molecular flexibility index (Phi) is 6.48. The van der Waals surface area contributed by atoms with Crippen LogP contribution in [-0.2, 0) is 9.59 Å². The van der Waals surface area contributed by atoms with E-state index in [2.05, 4.69) is 15.5 Å². The van der Waals surface area contributed by atoms with Crippen LogP contribution in [0.4, 0.5) is 10.1 Å². The van der Waals surface area contributed by atoms with E-state index < -0.39 is 17.6 Å². The number of anilines is 1. The fraction of sp³-hybridized carbons (Fsp3) is 0.579. The van der Waals surface area contributed by atoms with Crippen molar-refractivity contribution in [2.75, 3.05) is 25.0 Å². The zero-order valence-corrected chi connectivity index (χ0v) is 15.5. The Balaban J connectivity index is 1.39. The van der Waals surface area contributed by atoms with Crippen LogP contribution in [0.1, 0.15) is 38.5 Å². The molecule has 2 amide bonds. The Bertz CT molecular complexity index is 656. The lowest BCUT2D eigenvalue weighted by Gasteiger charge is -2.36. The summed E-state index contributed by atoms with van der Waals surface area (Å²) >= 11 is 5.67. The van der Waals surface area contributed by atoms with E-state index in [9.17, 15) is 14.0 Å². The maximum atomic E-state index is 13.1. The number of nitrogens with one attached hydrogen (secondary N) is 2. The van der Waals surface area contributed by atoms with Gasteiger partial charge in [-0.2, -0.15) is 0 Å². The van der Waals surface area contributed by atoms with Gasteiger partial charge < -0.3 is 15.5 Å². The number of amides is 2. The highest BCUT2D eigenvalue weighted by molar-refractivity contribution is 6.39. The van der Waals surface area contributed by atoms with Crippen LogP contribution in [0.2, 0.25) is 5.02 Å². The summed E-state index contributed by atoms with van der Waals surface area (Å²) in [5.74, 6) is -1.61. The molecule has 0 unspecified atom stereocenters. The number of hydrogen-bond acceptors (Lipinski definition) is 3. The molecule has 1 aromatic rings. The number of carbonyl (C=O) groups is 2. The molecule has 2 aliphatic rings. The molecule has 1 aromatic carbocycles. The third kappa shape index (κ3) is 4.95. The van der Waals surface area contributed by atoms with Crippen LogP contribution in [-0.4, -0.2) is 42.4 Å². The maximum absolute atomic E-state index is 13.1. The second-order valence-electron chi connectivity index (χ2n) is 7.21. The second-order valence-corrected chi connectivity index (χ2v) is 7.62. The summed E-state index contributed by atoms with van der Waals surface area (Å²) in [5, 5.41) is 5.04. The van der Waals surface area contributed by atoms with Crippen molar-refractivity contribution in [3.63, 3.8) is 0 Å². The first-order valence-electron chi connectivity index (χ1n) is 9.31. The van der Waals surface area contributed by atoms with Crippen LogP contribution in [0, 0.1) is 11.7 Å². The van der Waals surface area contributed by atoms with Crippen molar-refractivity contribution in [2.24, 2.45) is 5.92 Å². The average molecular weight is 382 g/mol. The van der Waals surface area contributed by atoms with Gasteiger partial charge in [0.1, 0.15) is 5.82 Å². The van der Waals surface area contributed by atoms with E-state index in [-0.39, 0.29) is 5.02 Å². The number of benzene rings is 1. The van der Waals surface area contributed by atoms with Crippen molar-refractivity contribution in [1.82, 2.24) is 10.2 Å². The monoisotopic (exact) mass is 381 g/mol. The van der Waals surface area contributed by atoms with Gasteiger partial charge >= 0.3 is 11.8 Å². The largest absolute Gasteiger partial charge is 0.348 e. The van der Waals surface area contributed by atoms with E-state index in [1.807, 2.05) is 0 Å². The fourth-order valence-corrected chi connectivity index (χ4v) is 4.05. The van der Waals surface area contributed by atoms with Gasteiger partial charge in [-0.05, 0) is 62.9 Å². The van der Waals surface area contributed by atoms with Crippen LogP contribution in [0.25, 0.3) is 0 Å². The van der Waals surface area contributed by atoms with Gasteiger partial charge in [-0.25, -0.2) is 4.39 Å². The number of nitrogens with zero attached hydrogens (tertiary/aromatic N) is 1. The maximum Gasteiger partial charge on any atom is 0.313 e. The van der Waals surface area contributed by atoms with Crippen molar-refractivity contribution in [1.29, 1.82) is 0 Å². The van der Waals surface area contributed by atoms with Gasteiger partial charge in [0.05, 0.1) is 5.02 Å². The van der Waals surface area contributed by atoms with E-state index in [0.717, 1.165) is 38.0 Å². The highest BCUT2D eigenvalue weighted by Crippen LogP contribution is 2.27. The molecule has 0 radical (unpaired) electrons. The van der Waals surface area contributed by atoms with Gasteiger partial charge in [0.25, 0.3) is 0 Å². The minimum absolute atomic E-state index is 0.0998. The van der Waals surface area contributed by atoms with Crippen molar-refractivity contribution in [2.45, 2.75) is 44.6 Å². The van der Waals surface area contributed by atoms with Gasteiger partial charge in [0.2, 0.25) is 0 Å². The molecule has 1 aliphatic carbocycles. The standard InChI is InChI=1S/C19H25ClFN3O2/c20-16-11-14(5-6-17(16)21)23-19(26)18(25)22-12-13-7-9-24(10-8-13)15-3-1-2-4-15/h5-6,11,13,15H,1-4,7-10,12H2,(H,22,25)(H,23,26). The van der Waals surface area contributed by atoms with Gasteiger partial charge in [-0.15, -0.1) is 0 Å². The van der Waals surface area contributed by atoms with Gasteiger partial charge in [0, 0.05) is 18.3 Å². The van der Waals surface area contributed by atoms with Crippen molar-refractivity contribution in [3.8, 4) is 0 Å².